The van der Waals surface area contributed by atoms with Crippen LogP contribution >= 0.6 is 22.7 Å². The summed E-state index contributed by atoms with van der Waals surface area (Å²) >= 11 is 3.76. The number of fused-ring (bicyclic) bond motifs is 10. The SMILES string of the molecule is Cc1c2c3c(cccc3c3cc(N(c4ccccc4)c4cccc5c4sc4ccccc45)ccc13)C(C)(C)c1cc(N(c3ccccc3-c3ccccc3)c3cccc4c3sc3ccccc34)ccc1-2. The minimum Gasteiger partial charge on any atom is -0.309 e. The Morgan fingerprint density at radius 2 is 0.900 bits per heavy atom. The fourth-order valence-corrected chi connectivity index (χ4v) is 14.2. The van der Waals surface area contributed by atoms with Crippen LogP contribution in [0.1, 0.15) is 30.5 Å². The monoisotopic (exact) mass is 930 g/mol. The van der Waals surface area contributed by atoms with Crippen molar-refractivity contribution in [1.29, 1.82) is 0 Å². The summed E-state index contributed by atoms with van der Waals surface area (Å²) in [6, 6.07) is 83.4. The van der Waals surface area contributed by atoms with Gasteiger partial charge in [-0.2, -0.15) is 0 Å². The zero-order chi connectivity index (χ0) is 46.7. The lowest BCUT2D eigenvalue weighted by Crippen LogP contribution is -2.25. The maximum Gasteiger partial charge on any atom is 0.0640 e. The lowest BCUT2D eigenvalue weighted by Gasteiger charge is -2.38. The van der Waals surface area contributed by atoms with E-state index in [4.69, 9.17) is 0 Å². The first-order valence-electron chi connectivity index (χ1n) is 24.2. The highest BCUT2D eigenvalue weighted by Crippen LogP contribution is 2.55. The average molecular weight is 931 g/mol. The summed E-state index contributed by atoms with van der Waals surface area (Å²) in [5.41, 5.74) is 15.7. The third kappa shape index (κ3) is 6.10. The number of para-hydroxylation sites is 2. The van der Waals surface area contributed by atoms with Crippen molar-refractivity contribution < 1.29 is 0 Å². The Kier molecular flexibility index (Phi) is 9.23. The summed E-state index contributed by atoms with van der Waals surface area (Å²) in [6.07, 6.45) is 0. The van der Waals surface area contributed by atoms with Crippen molar-refractivity contribution in [3.63, 3.8) is 0 Å². The summed E-state index contributed by atoms with van der Waals surface area (Å²) in [6.45, 7) is 7.21. The van der Waals surface area contributed by atoms with E-state index >= 15 is 0 Å². The van der Waals surface area contributed by atoms with Gasteiger partial charge in [0.25, 0.3) is 0 Å². The summed E-state index contributed by atoms with van der Waals surface area (Å²) in [7, 11) is 0. The Morgan fingerprint density at radius 3 is 1.61 bits per heavy atom. The van der Waals surface area contributed by atoms with E-state index in [2.05, 4.69) is 255 Å². The lowest BCUT2D eigenvalue weighted by molar-refractivity contribution is 0.645. The predicted molar refractivity (Wildman–Crippen MR) is 304 cm³/mol. The van der Waals surface area contributed by atoms with Crippen molar-refractivity contribution in [3.05, 3.63) is 241 Å². The summed E-state index contributed by atoms with van der Waals surface area (Å²) < 4.78 is 5.18. The fraction of sp³-hybridized carbons (Fsp3) is 0.0606. The molecule has 14 rings (SSSR count). The van der Waals surface area contributed by atoms with Crippen LogP contribution in [0.25, 0.3) is 84.1 Å². The second kappa shape index (κ2) is 15.8. The van der Waals surface area contributed by atoms with Crippen molar-refractivity contribution >= 4 is 119 Å². The number of thiophene rings is 2. The Hall–Kier alpha value is -8.02. The second-order valence-corrected chi connectivity index (χ2v) is 21.3. The molecule has 1 aliphatic carbocycles. The average Bonchev–Trinajstić information content (AvgIpc) is 3.99. The molecule has 0 atom stereocenters. The maximum absolute atomic E-state index is 2.53. The van der Waals surface area contributed by atoms with E-state index in [9.17, 15) is 0 Å². The molecule has 0 spiro atoms. The molecule has 0 saturated carbocycles. The molecule has 0 bridgehead atoms. The Bertz CT molecular complexity index is 4240. The standard InChI is InChI=1S/C66H46N2S2/c1-41-46-37-35-44(67(43-21-8-5-9-22-43)58-31-17-27-51-48-24-11-14-33-60(48)69-64(51)58)39-54(46)50-26-16-29-55-63(50)62(41)53-38-36-45(40-56(53)66(55,2)3)68(57-30-13-10-23-47(57)42-19-6-4-7-20-42)59-32-18-28-52-49-25-12-15-34-61(49)70-65(52)59/h4-40H,1-3H3. The molecule has 0 fully saturated rings. The molecule has 0 aliphatic heterocycles. The van der Waals surface area contributed by atoms with Crippen LogP contribution in [0.4, 0.5) is 34.1 Å². The number of anilines is 6. The number of hydrogen-bond acceptors (Lipinski definition) is 4. The third-order valence-electron chi connectivity index (χ3n) is 15.0. The van der Waals surface area contributed by atoms with Gasteiger partial charge in [-0.15, -0.1) is 22.7 Å². The third-order valence-corrected chi connectivity index (χ3v) is 17.4. The van der Waals surface area contributed by atoms with Crippen LogP contribution in [-0.2, 0) is 5.41 Å². The molecular weight excluding hydrogens is 885 g/mol. The summed E-state index contributed by atoms with van der Waals surface area (Å²) in [5.74, 6) is 0. The van der Waals surface area contributed by atoms with E-state index in [0.717, 1.165) is 22.7 Å². The normalized spacial score (nSPS) is 12.9. The first kappa shape index (κ1) is 41.0. The van der Waals surface area contributed by atoms with Crippen LogP contribution in [0.2, 0.25) is 0 Å². The molecule has 13 aromatic rings. The van der Waals surface area contributed by atoms with Gasteiger partial charge in [0.05, 0.1) is 26.5 Å². The molecule has 2 heterocycles. The first-order chi connectivity index (χ1) is 34.4. The molecule has 0 radical (unpaired) electrons. The molecule has 332 valence electrons. The molecule has 70 heavy (non-hydrogen) atoms. The summed E-state index contributed by atoms with van der Waals surface area (Å²) in [5, 5.41) is 10.4. The first-order valence-corrected chi connectivity index (χ1v) is 25.8. The van der Waals surface area contributed by atoms with Gasteiger partial charge >= 0.3 is 0 Å². The van der Waals surface area contributed by atoms with E-state index in [0.29, 0.717) is 0 Å². The van der Waals surface area contributed by atoms with Crippen molar-refractivity contribution in [1.82, 2.24) is 0 Å². The smallest absolute Gasteiger partial charge is 0.0640 e. The van der Waals surface area contributed by atoms with Crippen molar-refractivity contribution in [2.75, 3.05) is 9.80 Å². The van der Waals surface area contributed by atoms with Crippen LogP contribution in [0.5, 0.6) is 0 Å². The molecule has 1 aliphatic rings. The highest BCUT2D eigenvalue weighted by molar-refractivity contribution is 7.26. The van der Waals surface area contributed by atoms with E-state index in [1.165, 1.54) is 112 Å². The van der Waals surface area contributed by atoms with Crippen LogP contribution in [0.3, 0.4) is 0 Å². The number of benzene rings is 11. The van der Waals surface area contributed by atoms with Gasteiger partial charge in [-0.05, 0) is 129 Å². The number of hydrogen-bond donors (Lipinski definition) is 0. The highest BCUT2D eigenvalue weighted by Gasteiger charge is 2.36. The summed E-state index contributed by atoms with van der Waals surface area (Å²) in [4.78, 5) is 4.99. The molecule has 0 N–H and O–H groups in total. The Balaban J connectivity index is 0.980. The maximum atomic E-state index is 2.53. The zero-order valence-electron chi connectivity index (χ0n) is 39.1. The van der Waals surface area contributed by atoms with Gasteiger partial charge in [0, 0.05) is 59.0 Å². The van der Waals surface area contributed by atoms with Gasteiger partial charge in [0.1, 0.15) is 0 Å². The van der Waals surface area contributed by atoms with E-state index in [-0.39, 0.29) is 5.41 Å². The van der Waals surface area contributed by atoms with Crippen molar-refractivity contribution in [2.24, 2.45) is 0 Å². The number of aryl methyl sites for hydroxylation is 1. The van der Waals surface area contributed by atoms with Gasteiger partial charge in [0.2, 0.25) is 0 Å². The van der Waals surface area contributed by atoms with Gasteiger partial charge in [-0.1, -0.05) is 172 Å². The predicted octanol–water partition coefficient (Wildman–Crippen LogP) is 20.0. The van der Waals surface area contributed by atoms with Crippen LogP contribution in [0, 0.1) is 6.92 Å². The quantitative estimate of drug-likeness (QED) is 0.147. The molecule has 2 aromatic heterocycles. The largest absolute Gasteiger partial charge is 0.309 e. The molecule has 0 amide bonds. The molecule has 0 unspecified atom stereocenters. The molecule has 2 nitrogen and oxygen atoms in total. The van der Waals surface area contributed by atoms with Crippen LogP contribution < -0.4 is 9.80 Å². The van der Waals surface area contributed by atoms with E-state index in [1.54, 1.807) is 0 Å². The van der Waals surface area contributed by atoms with E-state index in [1.807, 2.05) is 22.7 Å². The zero-order valence-corrected chi connectivity index (χ0v) is 40.7. The minimum atomic E-state index is -0.309. The highest BCUT2D eigenvalue weighted by atomic mass is 32.1. The number of rotatable bonds is 7. The van der Waals surface area contributed by atoms with E-state index < -0.39 is 0 Å². The molecule has 0 saturated heterocycles. The van der Waals surface area contributed by atoms with Crippen molar-refractivity contribution in [2.45, 2.75) is 26.2 Å². The lowest BCUT2D eigenvalue weighted by atomic mass is 9.67. The van der Waals surface area contributed by atoms with Crippen molar-refractivity contribution in [3.8, 4) is 22.3 Å². The van der Waals surface area contributed by atoms with Gasteiger partial charge < -0.3 is 9.80 Å². The fourth-order valence-electron chi connectivity index (χ4n) is 11.8. The van der Waals surface area contributed by atoms with Crippen LogP contribution in [0.15, 0.2) is 224 Å². The molecular formula is C66H46N2S2. The van der Waals surface area contributed by atoms with Gasteiger partial charge in [0.15, 0.2) is 0 Å². The second-order valence-electron chi connectivity index (χ2n) is 19.2. The van der Waals surface area contributed by atoms with Gasteiger partial charge in [-0.3, -0.25) is 0 Å². The molecule has 11 aromatic carbocycles. The Morgan fingerprint density at radius 1 is 0.357 bits per heavy atom. The topological polar surface area (TPSA) is 6.48 Å². The van der Waals surface area contributed by atoms with Gasteiger partial charge in [-0.25, -0.2) is 0 Å². The number of nitrogens with zero attached hydrogens (tertiary/aromatic N) is 2. The molecule has 4 heteroatoms. The minimum absolute atomic E-state index is 0.309. The Labute approximate surface area is 415 Å². The van der Waals surface area contributed by atoms with Crippen LogP contribution in [-0.4, -0.2) is 0 Å².